The van der Waals surface area contributed by atoms with Crippen LogP contribution in [0.3, 0.4) is 0 Å². The van der Waals surface area contributed by atoms with Crippen LogP contribution in [0.1, 0.15) is 22.9 Å². The SMILES string of the molecule is CCc1ccc(S(=O)(=O)Nc2cc(C)cc(C)c2O)s1. The minimum absolute atomic E-state index is 0.0357. The Hall–Kier alpha value is -1.53. The van der Waals surface area contributed by atoms with E-state index in [2.05, 4.69) is 4.72 Å². The molecule has 2 aromatic rings. The van der Waals surface area contributed by atoms with Crippen LogP contribution in [0, 0.1) is 13.8 Å². The number of nitrogens with one attached hydrogen (secondary N) is 1. The van der Waals surface area contributed by atoms with Gasteiger partial charge in [-0.05, 0) is 49.6 Å². The van der Waals surface area contributed by atoms with Crippen LogP contribution in [0.15, 0.2) is 28.5 Å². The first-order chi connectivity index (χ1) is 9.33. The average Bonchev–Trinajstić information content (AvgIpc) is 2.84. The molecular formula is C14H17NO3S2. The third kappa shape index (κ3) is 2.96. The van der Waals surface area contributed by atoms with Gasteiger partial charge in [-0.2, -0.15) is 0 Å². The van der Waals surface area contributed by atoms with E-state index in [0.29, 0.717) is 5.56 Å². The second-order valence-corrected chi connectivity index (χ2v) is 7.74. The van der Waals surface area contributed by atoms with Crippen LogP contribution in [0.25, 0.3) is 0 Å². The van der Waals surface area contributed by atoms with Crippen LogP contribution < -0.4 is 4.72 Å². The number of hydrogen-bond acceptors (Lipinski definition) is 4. The Morgan fingerprint density at radius 2 is 1.95 bits per heavy atom. The van der Waals surface area contributed by atoms with E-state index in [1.54, 1.807) is 31.2 Å². The third-order valence-electron chi connectivity index (χ3n) is 2.94. The Morgan fingerprint density at radius 3 is 2.55 bits per heavy atom. The molecule has 0 aliphatic rings. The van der Waals surface area contributed by atoms with Gasteiger partial charge in [0.1, 0.15) is 9.96 Å². The number of hydrogen-bond donors (Lipinski definition) is 2. The topological polar surface area (TPSA) is 66.4 Å². The lowest BCUT2D eigenvalue weighted by atomic mass is 10.1. The van der Waals surface area contributed by atoms with Crippen molar-refractivity contribution >= 4 is 27.0 Å². The summed E-state index contributed by atoms with van der Waals surface area (Å²) in [5.74, 6) is -0.0357. The molecule has 20 heavy (non-hydrogen) atoms. The lowest BCUT2D eigenvalue weighted by Gasteiger charge is -2.11. The average molecular weight is 311 g/mol. The molecule has 1 aromatic heterocycles. The molecule has 1 heterocycles. The zero-order valence-corrected chi connectivity index (χ0v) is 13.2. The van der Waals surface area contributed by atoms with Crippen molar-refractivity contribution in [3.8, 4) is 5.75 Å². The summed E-state index contributed by atoms with van der Waals surface area (Å²) in [4.78, 5) is 1.01. The molecule has 2 rings (SSSR count). The molecule has 0 saturated carbocycles. The summed E-state index contributed by atoms with van der Waals surface area (Å²) >= 11 is 1.24. The van der Waals surface area contributed by atoms with Crippen molar-refractivity contribution in [3.63, 3.8) is 0 Å². The highest BCUT2D eigenvalue weighted by atomic mass is 32.2. The molecule has 6 heteroatoms. The van der Waals surface area contributed by atoms with Gasteiger partial charge in [0.25, 0.3) is 10.0 Å². The summed E-state index contributed by atoms with van der Waals surface area (Å²) in [5, 5.41) is 9.96. The van der Waals surface area contributed by atoms with E-state index in [1.807, 2.05) is 13.8 Å². The Balaban J connectivity index is 2.38. The molecule has 0 unspecified atom stereocenters. The van der Waals surface area contributed by atoms with Gasteiger partial charge in [-0.3, -0.25) is 4.72 Å². The Labute approximate surface area is 123 Å². The molecule has 0 saturated heterocycles. The van der Waals surface area contributed by atoms with Crippen molar-refractivity contribution in [2.45, 2.75) is 31.4 Å². The molecular weight excluding hydrogens is 294 g/mol. The normalized spacial score (nSPS) is 11.6. The van der Waals surface area contributed by atoms with Crippen LogP contribution in [0.5, 0.6) is 5.75 Å². The van der Waals surface area contributed by atoms with Gasteiger partial charge in [-0.25, -0.2) is 8.42 Å². The fourth-order valence-corrected chi connectivity index (χ4v) is 4.28. The molecule has 0 atom stereocenters. The first kappa shape index (κ1) is 14.9. The number of rotatable bonds is 4. The van der Waals surface area contributed by atoms with Crippen molar-refractivity contribution in [2.75, 3.05) is 4.72 Å². The molecule has 108 valence electrons. The second-order valence-electron chi connectivity index (χ2n) is 4.66. The van der Waals surface area contributed by atoms with Crippen LogP contribution in [0.2, 0.25) is 0 Å². The van der Waals surface area contributed by atoms with Gasteiger partial charge in [0.05, 0.1) is 5.69 Å². The quantitative estimate of drug-likeness (QED) is 0.850. The number of thiophene rings is 1. The highest BCUT2D eigenvalue weighted by Gasteiger charge is 2.19. The van der Waals surface area contributed by atoms with E-state index in [1.165, 1.54) is 11.3 Å². The minimum atomic E-state index is -3.65. The summed E-state index contributed by atoms with van der Waals surface area (Å²) in [7, 11) is -3.65. The largest absolute Gasteiger partial charge is 0.505 e. The maximum Gasteiger partial charge on any atom is 0.271 e. The van der Waals surface area contributed by atoms with Gasteiger partial charge in [-0.1, -0.05) is 13.0 Å². The predicted molar refractivity (Wildman–Crippen MR) is 82.1 cm³/mol. The molecule has 0 aliphatic carbocycles. The van der Waals surface area contributed by atoms with Gasteiger partial charge < -0.3 is 5.11 Å². The lowest BCUT2D eigenvalue weighted by molar-refractivity contribution is 0.473. The molecule has 0 amide bonds. The molecule has 0 spiro atoms. The predicted octanol–water partition coefficient (Wildman–Crippen LogP) is 3.43. The van der Waals surface area contributed by atoms with Gasteiger partial charge in [0.2, 0.25) is 0 Å². The number of benzene rings is 1. The first-order valence-corrected chi connectivity index (χ1v) is 8.55. The van der Waals surface area contributed by atoms with Crippen molar-refractivity contribution in [1.29, 1.82) is 0 Å². The number of sulfonamides is 1. The van der Waals surface area contributed by atoms with Crippen molar-refractivity contribution in [3.05, 3.63) is 40.3 Å². The van der Waals surface area contributed by atoms with E-state index >= 15 is 0 Å². The highest BCUT2D eigenvalue weighted by molar-refractivity contribution is 7.94. The Morgan fingerprint density at radius 1 is 1.25 bits per heavy atom. The number of phenolic OH excluding ortho intramolecular Hbond substituents is 1. The molecule has 0 radical (unpaired) electrons. The highest BCUT2D eigenvalue weighted by Crippen LogP contribution is 2.32. The molecule has 0 bridgehead atoms. The summed E-state index contributed by atoms with van der Waals surface area (Å²) in [5.41, 5.74) is 1.75. The fraction of sp³-hybridized carbons (Fsp3) is 0.286. The van der Waals surface area contributed by atoms with E-state index in [4.69, 9.17) is 0 Å². The van der Waals surface area contributed by atoms with Gasteiger partial charge in [0.15, 0.2) is 0 Å². The third-order valence-corrected chi connectivity index (χ3v) is 6.03. The summed E-state index contributed by atoms with van der Waals surface area (Å²) in [6.45, 7) is 5.57. The minimum Gasteiger partial charge on any atom is -0.505 e. The molecule has 4 nitrogen and oxygen atoms in total. The van der Waals surface area contributed by atoms with E-state index < -0.39 is 10.0 Å². The summed E-state index contributed by atoms with van der Waals surface area (Å²) < 4.78 is 27.3. The van der Waals surface area contributed by atoms with Gasteiger partial charge in [-0.15, -0.1) is 11.3 Å². The maximum atomic E-state index is 12.3. The lowest BCUT2D eigenvalue weighted by Crippen LogP contribution is -2.12. The van der Waals surface area contributed by atoms with Crippen LogP contribution in [0.4, 0.5) is 5.69 Å². The molecule has 0 aliphatic heterocycles. The maximum absolute atomic E-state index is 12.3. The van der Waals surface area contributed by atoms with Crippen LogP contribution in [-0.2, 0) is 16.4 Å². The van der Waals surface area contributed by atoms with Gasteiger partial charge >= 0.3 is 0 Å². The van der Waals surface area contributed by atoms with E-state index in [-0.39, 0.29) is 15.6 Å². The summed E-state index contributed by atoms with van der Waals surface area (Å²) in [6.07, 6.45) is 0.801. The number of phenols is 1. The Bertz CT molecular complexity index is 733. The van der Waals surface area contributed by atoms with Crippen molar-refractivity contribution in [2.24, 2.45) is 0 Å². The van der Waals surface area contributed by atoms with Gasteiger partial charge in [0, 0.05) is 4.88 Å². The van der Waals surface area contributed by atoms with Crippen LogP contribution in [-0.4, -0.2) is 13.5 Å². The Kier molecular flexibility index (Phi) is 4.06. The zero-order valence-electron chi connectivity index (χ0n) is 11.6. The van der Waals surface area contributed by atoms with E-state index in [9.17, 15) is 13.5 Å². The first-order valence-electron chi connectivity index (χ1n) is 6.25. The molecule has 2 N–H and O–H groups in total. The second kappa shape index (κ2) is 5.46. The van der Waals surface area contributed by atoms with Crippen LogP contribution >= 0.6 is 11.3 Å². The molecule has 1 aromatic carbocycles. The standard InChI is InChI=1S/C14H17NO3S2/c1-4-11-5-6-13(19-11)20(17,18)15-12-8-9(2)7-10(3)14(12)16/h5-8,15-16H,4H2,1-3H3. The van der Waals surface area contributed by atoms with E-state index in [0.717, 1.165) is 16.9 Å². The monoisotopic (exact) mass is 311 g/mol. The fourth-order valence-electron chi connectivity index (χ4n) is 1.93. The van der Waals surface area contributed by atoms with Crippen molar-refractivity contribution in [1.82, 2.24) is 0 Å². The molecule has 0 fully saturated rings. The smallest absolute Gasteiger partial charge is 0.271 e. The number of anilines is 1. The van der Waals surface area contributed by atoms with Crippen molar-refractivity contribution < 1.29 is 13.5 Å². The zero-order chi connectivity index (χ0) is 14.9. The number of aryl methyl sites for hydroxylation is 3. The number of aromatic hydroxyl groups is 1. The summed E-state index contributed by atoms with van der Waals surface area (Å²) in [6, 6.07) is 6.81.